The van der Waals surface area contributed by atoms with Crippen molar-refractivity contribution in [3.05, 3.63) is 41.5 Å². The van der Waals surface area contributed by atoms with Crippen LogP contribution in [0.2, 0.25) is 0 Å². The second kappa shape index (κ2) is 6.44. The zero-order chi connectivity index (χ0) is 13.7. The fourth-order valence-electron chi connectivity index (χ4n) is 1.33. The number of amides is 2. The number of benzene rings is 1. The second-order valence-electron chi connectivity index (χ2n) is 3.59. The number of hydrogen-bond acceptors (Lipinski definition) is 4. The molecule has 19 heavy (non-hydrogen) atoms. The molecule has 100 valence electrons. The van der Waals surface area contributed by atoms with Crippen molar-refractivity contribution in [3.63, 3.8) is 0 Å². The summed E-state index contributed by atoms with van der Waals surface area (Å²) in [4.78, 5) is 15.5. The minimum atomic E-state index is -0.429. The lowest BCUT2D eigenvalue weighted by Crippen LogP contribution is -2.28. The van der Waals surface area contributed by atoms with E-state index in [1.165, 1.54) is 12.1 Å². The first-order valence-electron chi connectivity index (χ1n) is 5.35. The van der Waals surface area contributed by atoms with Crippen LogP contribution in [-0.2, 0) is 12.4 Å². The number of hydrogen-bond donors (Lipinski definition) is 2. The van der Waals surface area contributed by atoms with Gasteiger partial charge in [0.1, 0.15) is 5.82 Å². The smallest absolute Gasteiger partial charge is 0.321 e. The number of nitrogens with zero attached hydrogens (tertiary/aromatic N) is 2. The molecule has 0 saturated heterocycles. The van der Waals surface area contributed by atoms with Crippen molar-refractivity contribution in [3.8, 4) is 0 Å². The van der Waals surface area contributed by atoms with Crippen LogP contribution in [0.5, 0.6) is 0 Å². The third-order valence-electron chi connectivity index (χ3n) is 2.15. The van der Waals surface area contributed by atoms with E-state index in [4.69, 9.17) is 11.6 Å². The Balaban J connectivity index is 1.84. The monoisotopic (exact) mass is 300 g/mol. The van der Waals surface area contributed by atoms with E-state index >= 15 is 0 Å². The summed E-state index contributed by atoms with van der Waals surface area (Å²) in [5, 5.41) is 5.48. The summed E-state index contributed by atoms with van der Waals surface area (Å²) >= 11 is 6.60. The highest BCUT2D eigenvalue weighted by molar-refractivity contribution is 7.09. The molecule has 1 aromatic heterocycles. The SMILES string of the molecule is O=C(NCc1cccc(F)c1)Nc1nc(CCl)ns1. The number of carbonyl (C=O) groups is 1. The summed E-state index contributed by atoms with van der Waals surface area (Å²) in [5.74, 6) is 0.325. The van der Waals surface area contributed by atoms with Gasteiger partial charge < -0.3 is 5.32 Å². The van der Waals surface area contributed by atoms with E-state index in [9.17, 15) is 9.18 Å². The van der Waals surface area contributed by atoms with Gasteiger partial charge in [-0.25, -0.2) is 14.2 Å². The predicted molar refractivity (Wildman–Crippen MR) is 71.7 cm³/mol. The fourth-order valence-corrected chi connectivity index (χ4v) is 2.10. The van der Waals surface area contributed by atoms with Crippen LogP contribution in [0.1, 0.15) is 11.4 Å². The molecule has 0 radical (unpaired) electrons. The van der Waals surface area contributed by atoms with Crippen molar-refractivity contribution in [2.75, 3.05) is 5.32 Å². The Kier molecular flexibility index (Phi) is 4.64. The Labute approximate surface area is 118 Å². The Morgan fingerprint density at radius 2 is 2.32 bits per heavy atom. The first kappa shape index (κ1) is 13.7. The lowest BCUT2D eigenvalue weighted by atomic mass is 10.2. The Morgan fingerprint density at radius 3 is 3.00 bits per heavy atom. The van der Waals surface area contributed by atoms with Crippen molar-refractivity contribution in [1.82, 2.24) is 14.7 Å². The summed E-state index contributed by atoms with van der Waals surface area (Å²) in [7, 11) is 0. The zero-order valence-electron chi connectivity index (χ0n) is 9.69. The number of anilines is 1. The van der Waals surface area contributed by atoms with Gasteiger partial charge in [0, 0.05) is 18.1 Å². The molecule has 1 heterocycles. The van der Waals surface area contributed by atoms with Crippen LogP contribution in [0.3, 0.4) is 0 Å². The van der Waals surface area contributed by atoms with Gasteiger partial charge in [-0.2, -0.15) is 4.37 Å². The first-order valence-corrected chi connectivity index (χ1v) is 6.66. The lowest BCUT2D eigenvalue weighted by molar-refractivity contribution is 0.251. The summed E-state index contributed by atoms with van der Waals surface area (Å²) in [6.45, 7) is 0.227. The molecular weight excluding hydrogens is 291 g/mol. The summed E-state index contributed by atoms with van der Waals surface area (Å²) < 4.78 is 16.8. The van der Waals surface area contributed by atoms with Gasteiger partial charge in [0.15, 0.2) is 5.82 Å². The molecule has 0 fully saturated rings. The van der Waals surface area contributed by atoms with Crippen LogP contribution in [0.15, 0.2) is 24.3 Å². The highest BCUT2D eigenvalue weighted by atomic mass is 35.5. The maximum Gasteiger partial charge on any atom is 0.321 e. The van der Waals surface area contributed by atoms with E-state index in [2.05, 4.69) is 20.0 Å². The third-order valence-corrected chi connectivity index (χ3v) is 3.06. The van der Waals surface area contributed by atoms with Gasteiger partial charge in [-0.1, -0.05) is 12.1 Å². The standard InChI is InChI=1S/C11H10ClFN4OS/c12-5-9-15-11(19-17-9)16-10(18)14-6-7-2-1-3-8(13)4-7/h1-4H,5-6H2,(H2,14,15,16,17,18). The summed E-state index contributed by atoms with van der Waals surface area (Å²) in [5.41, 5.74) is 0.675. The van der Waals surface area contributed by atoms with Gasteiger partial charge in [0.25, 0.3) is 0 Å². The maximum absolute atomic E-state index is 12.9. The second-order valence-corrected chi connectivity index (χ2v) is 4.61. The van der Waals surface area contributed by atoms with Crippen LogP contribution in [0.4, 0.5) is 14.3 Å². The number of halogens is 2. The van der Waals surface area contributed by atoms with Crippen molar-refractivity contribution < 1.29 is 9.18 Å². The average Bonchev–Trinajstić information content (AvgIpc) is 2.84. The highest BCUT2D eigenvalue weighted by Crippen LogP contribution is 2.12. The van der Waals surface area contributed by atoms with Crippen molar-refractivity contribution in [2.45, 2.75) is 12.4 Å². The largest absolute Gasteiger partial charge is 0.334 e. The Morgan fingerprint density at radius 1 is 1.47 bits per heavy atom. The molecule has 0 aliphatic carbocycles. The van der Waals surface area contributed by atoms with Crippen molar-refractivity contribution in [1.29, 1.82) is 0 Å². The molecule has 0 unspecified atom stereocenters. The van der Waals surface area contributed by atoms with Gasteiger partial charge in [-0.3, -0.25) is 5.32 Å². The summed E-state index contributed by atoms with van der Waals surface area (Å²) in [6, 6.07) is 5.58. The molecule has 0 atom stereocenters. The average molecular weight is 301 g/mol. The quantitative estimate of drug-likeness (QED) is 0.853. The Bertz CT molecular complexity index is 577. The predicted octanol–water partition coefficient (Wildman–Crippen LogP) is 2.74. The molecule has 2 rings (SSSR count). The van der Waals surface area contributed by atoms with E-state index in [-0.39, 0.29) is 18.2 Å². The fraction of sp³-hybridized carbons (Fsp3) is 0.182. The van der Waals surface area contributed by atoms with E-state index in [0.717, 1.165) is 11.5 Å². The minimum absolute atomic E-state index is 0.198. The van der Waals surface area contributed by atoms with E-state index in [0.29, 0.717) is 16.5 Å². The number of carbonyl (C=O) groups excluding carboxylic acids is 1. The van der Waals surface area contributed by atoms with Gasteiger partial charge in [0.05, 0.1) is 5.88 Å². The van der Waals surface area contributed by atoms with Gasteiger partial charge in [-0.15, -0.1) is 11.6 Å². The highest BCUT2D eigenvalue weighted by Gasteiger charge is 2.07. The molecule has 1 aromatic carbocycles. The van der Waals surface area contributed by atoms with Crippen LogP contribution >= 0.6 is 23.1 Å². The molecule has 2 N–H and O–H groups in total. The van der Waals surface area contributed by atoms with Crippen LogP contribution in [0.25, 0.3) is 0 Å². The van der Waals surface area contributed by atoms with Gasteiger partial charge >= 0.3 is 6.03 Å². The zero-order valence-corrected chi connectivity index (χ0v) is 11.3. The maximum atomic E-state index is 12.9. The minimum Gasteiger partial charge on any atom is -0.334 e. The van der Waals surface area contributed by atoms with E-state index in [1.54, 1.807) is 12.1 Å². The molecule has 0 bridgehead atoms. The molecule has 5 nitrogen and oxygen atoms in total. The normalized spacial score (nSPS) is 10.2. The number of nitrogens with one attached hydrogen (secondary N) is 2. The third kappa shape index (κ3) is 4.15. The van der Waals surface area contributed by atoms with Crippen molar-refractivity contribution >= 4 is 34.3 Å². The van der Waals surface area contributed by atoms with Crippen LogP contribution < -0.4 is 10.6 Å². The number of rotatable bonds is 4. The number of urea groups is 1. The van der Waals surface area contributed by atoms with Gasteiger partial charge in [-0.05, 0) is 17.7 Å². The first-order chi connectivity index (χ1) is 9.17. The molecule has 8 heteroatoms. The Hall–Kier alpha value is -1.73. The van der Waals surface area contributed by atoms with Crippen LogP contribution in [-0.4, -0.2) is 15.4 Å². The number of alkyl halides is 1. The van der Waals surface area contributed by atoms with Crippen molar-refractivity contribution in [2.24, 2.45) is 0 Å². The lowest BCUT2D eigenvalue weighted by Gasteiger charge is -2.05. The molecule has 0 aliphatic rings. The van der Waals surface area contributed by atoms with E-state index < -0.39 is 6.03 Å². The van der Waals surface area contributed by atoms with Crippen LogP contribution in [0, 0.1) is 5.82 Å². The summed E-state index contributed by atoms with van der Waals surface area (Å²) in [6.07, 6.45) is 0. The molecule has 2 amide bonds. The molecule has 2 aromatic rings. The molecule has 0 aliphatic heterocycles. The molecule has 0 saturated carbocycles. The van der Waals surface area contributed by atoms with Gasteiger partial charge in [0.2, 0.25) is 5.13 Å². The van der Waals surface area contributed by atoms with E-state index in [1.807, 2.05) is 0 Å². The topological polar surface area (TPSA) is 66.9 Å². The molecular formula is C11H10ClFN4OS. The molecule has 0 spiro atoms. The number of aromatic nitrogens is 2.